The minimum absolute atomic E-state index is 0.0719. The maximum absolute atomic E-state index is 12.4. The number of nitrogens with zero attached hydrogens (tertiary/aromatic N) is 2. The predicted molar refractivity (Wildman–Crippen MR) is 74.5 cm³/mol. The van der Waals surface area contributed by atoms with Crippen molar-refractivity contribution in [2.75, 3.05) is 11.9 Å². The third-order valence-electron chi connectivity index (χ3n) is 3.42. The zero-order valence-electron chi connectivity index (χ0n) is 10.5. The number of rotatable bonds is 6. The number of nitrogens with one attached hydrogen (secondary N) is 1. The van der Waals surface area contributed by atoms with Crippen LogP contribution in [0.5, 0.6) is 0 Å². The van der Waals surface area contributed by atoms with Crippen molar-refractivity contribution >= 4 is 27.5 Å². The van der Waals surface area contributed by atoms with E-state index < -0.39 is 4.92 Å². The lowest BCUT2D eigenvalue weighted by molar-refractivity contribution is -0.384. The molecular formula is C12H16BrN3O3. The van der Waals surface area contributed by atoms with E-state index in [9.17, 15) is 14.9 Å². The van der Waals surface area contributed by atoms with Crippen LogP contribution in [0, 0.1) is 10.1 Å². The molecule has 1 saturated carbocycles. The van der Waals surface area contributed by atoms with Crippen LogP contribution < -0.4 is 0 Å². The Morgan fingerprint density at radius 3 is 2.79 bits per heavy atom. The Kier molecular flexibility index (Phi) is 4.57. The van der Waals surface area contributed by atoms with Gasteiger partial charge in [-0.3, -0.25) is 14.9 Å². The van der Waals surface area contributed by atoms with Crippen LogP contribution in [0.2, 0.25) is 0 Å². The highest BCUT2D eigenvalue weighted by Gasteiger charge is 2.30. The maximum Gasteiger partial charge on any atom is 0.287 e. The highest BCUT2D eigenvalue weighted by molar-refractivity contribution is 9.09. The summed E-state index contributed by atoms with van der Waals surface area (Å²) < 4.78 is 0. The van der Waals surface area contributed by atoms with Gasteiger partial charge in [-0.25, -0.2) is 0 Å². The van der Waals surface area contributed by atoms with Gasteiger partial charge in [0.2, 0.25) is 0 Å². The van der Waals surface area contributed by atoms with Crippen LogP contribution in [-0.4, -0.2) is 38.6 Å². The Bertz CT molecular complexity index is 471. The zero-order valence-corrected chi connectivity index (χ0v) is 12.1. The molecule has 0 bridgehead atoms. The van der Waals surface area contributed by atoms with E-state index in [0.29, 0.717) is 12.2 Å². The average Bonchev–Trinajstić information content (AvgIpc) is 2.80. The Balaban J connectivity index is 2.10. The quantitative estimate of drug-likeness (QED) is 0.495. The third-order valence-corrected chi connectivity index (χ3v) is 3.98. The third kappa shape index (κ3) is 3.15. The summed E-state index contributed by atoms with van der Waals surface area (Å²) in [4.78, 5) is 27.0. The second-order valence-electron chi connectivity index (χ2n) is 4.65. The number of halogens is 1. The molecule has 2 rings (SSSR count). The summed E-state index contributed by atoms with van der Waals surface area (Å²) in [6.07, 6.45) is 5.34. The van der Waals surface area contributed by atoms with Gasteiger partial charge in [-0.15, -0.1) is 0 Å². The fourth-order valence-electron chi connectivity index (χ4n) is 2.14. The standard InChI is InChI=1S/C12H16BrN3O3/c13-5-2-6-15(9-3-1-4-9)12(17)11-7-10(8-14-11)16(18)19/h7-9,14H,1-6H2. The number of nitro groups is 1. The van der Waals surface area contributed by atoms with Crippen molar-refractivity contribution in [2.24, 2.45) is 0 Å². The van der Waals surface area contributed by atoms with Gasteiger partial charge in [0.15, 0.2) is 0 Å². The summed E-state index contributed by atoms with van der Waals surface area (Å²) in [5, 5.41) is 11.5. The van der Waals surface area contributed by atoms with Crippen molar-refractivity contribution in [3.8, 4) is 0 Å². The van der Waals surface area contributed by atoms with Crippen LogP contribution in [-0.2, 0) is 0 Å². The molecule has 1 amide bonds. The molecule has 0 aliphatic heterocycles. The fraction of sp³-hybridized carbons (Fsp3) is 0.583. The van der Waals surface area contributed by atoms with Gasteiger partial charge in [-0.2, -0.15) is 0 Å². The summed E-state index contributed by atoms with van der Waals surface area (Å²) >= 11 is 3.36. The number of amides is 1. The highest BCUT2D eigenvalue weighted by atomic mass is 79.9. The topological polar surface area (TPSA) is 79.2 Å². The first-order chi connectivity index (χ1) is 9.13. The first-order valence-corrected chi connectivity index (χ1v) is 7.45. The van der Waals surface area contributed by atoms with Crippen molar-refractivity contribution in [1.82, 2.24) is 9.88 Å². The molecule has 104 valence electrons. The first-order valence-electron chi connectivity index (χ1n) is 6.33. The first kappa shape index (κ1) is 14.0. The molecule has 1 aromatic rings. The largest absolute Gasteiger partial charge is 0.351 e. The van der Waals surface area contributed by atoms with Gasteiger partial charge in [-0.1, -0.05) is 15.9 Å². The molecule has 1 aliphatic carbocycles. The van der Waals surface area contributed by atoms with Gasteiger partial charge < -0.3 is 9.88 Å². The molecule has 0 atom stereocenters. The van der Waals surface area contributed by atoms with Gasteiger partial charge in [-0.05, 0) is 25.7 Å². The van der Waals surface area contributed by atoms with Crippen molar-refractivity contribution < 1.29 is 9.72 Å². The van der Waals surface area contributed by atoms with E-state index in [0.717, 1.165) is 31.0 Å². The molecule has 19 heavy (non-hydrogen) atoms. The van der Waals surface area contributed by atoms with E-state index in [1.807, 2.05) is 4.90 Å². The number of aromatic amines is 1. The predicted octanol–water partition coefficient (Wildman–Crippen LogP) is 2.70. The minimum atomic E-state index is -0.501. The number of hydrogen-bond donors (Lipinski definition) is 1. The molecule has 0 saturated heterocycles. The lowest BCUT2D eigenvalue weighted by Crippen LogP contribution is -2.45. The summed E-state index contributed by atoms with van der Waals surface area (Å²) in [5.41, 5.74) is 0.227. The average molecular weight is 330 g/mol. The maximum atomic E-state index is 12.4. The van der Waals surface area contributed by atoms with Crippen molar-refractivity contribution in [1.29, 1.82) is 0 Å². The number of carbonyl (C=O) groups is 1. The van der Waals surface area contributed by atoms with E-state index >= 15 is 0 Å². The molecule has 7 heteroatoms. The van der Waals surface area contributed by atoms with Crippen LogP contribution in [0.25, 0.3) is 0 Å². The van der Waals surface area contributed by atoms with Gasteiger partial charge in [0, 0.05) is 24.0 Å². The molecule has 1 fully saturated rings. The molecule has 0 spiro atoms. The summed E-state index contributed by atoms with van der Waals surface area (Å²) in [7, 11) is 0. The molecule has 1 heterocycles. The van der Waals surface area contributed by atoms with Crippen LogP contribution in [0.4, 0.5) is 5.69 Å². The Labute approximate surface area is 119 Å². The van der Waals surface area contributed by atoms with E-state index in [4.69, 9.17) is 0 Å². The summed E-state index contributed by atoms with van der Waals surface area (Å²) in [6, 6.07) is 1.59. The van der Waals surface area contributed by atoms with Crippen LogP contribution >= 0.6 is 15.9 Å². The second-order valence-corrected chi connectivity index (χ2v) is 5.45. The van der Waals surface area contributed by atoms with E-state index in [1.54, 1.807) is 0 Å². The SMILES string of the molecule is O=C(c1cc([N+](=O)[O-])c[nH]1)N(CCCBr)C1CCC1. The Hall–Kier alpha value is -1.37. The zero-order chi connectivity index (χ0) is 13.8. The molecule has 1 aromatic heterocycles. The normalized spacial score (nSPS) is 15.0. The number of H-pyrrole nitrogens is 1. The summed E-state index contributed by atoms with van der Waals surface area (Å²) in [5.74, 6) is -0.140. The van der Waals surface area contributed by atoms with Gasteiger partial charge >= 0.3 is 0 Å². The van der Waals surface area contributed by atoms with E-state index in [2.05, 4.69) is 20.9 Å². The van der Waals surface area contributed by atoms with Crippen molar-refractivity contribution in [3.05, 3.63) is 28.1 Å². The van der Waals surface area contributed by atoms with Crippen LogP contribution in [0.15, 0.2) is 12.3 Å². The van der Waals surface area contributed by atoms with E-state index in [1.165, 1.54) is 12.3 Å². The number of carbonyl (C=O) groups excluding carboxylic acids is 1. The van der Waals surface area contributed by atoms with Gasteiger partial charge in [0.05, 0.1) is 11.1 Å². The number of hydrogen-bond acceptors (Lipinski definition) is 3. The lowest BCUT2D eigenvalue weighted by Gasteiger charge is -2.37. The molecule has 6 nitrogen and oxygen atoms in total. The smallest absolute Gasteiger partial charge is 0.287 e. The monoisotopic (exact) mass is 329 g/mol. The molecule has 0 unspecified atom stereocenters. The lowest BCUT2D eigenvalue weighted by atomic mass is 9.91. The van der Waals surface area contributed by atoms with Gasteiger partial charge in [0.25, 0.3) is 11.6 Å². The van der Waals surface area contributed by atoms with Crippen LogP contribution in [0.1, 0.15) is 36.2 Å². The van der Waals surface area contributed by atoms with E-state index in [-0.39, 0.29) is 17.6 Å². The van der Waals surface area contributed by atoms with Gasteiger partial charge in [0.1, 0.15) is 5.69 Å². The molecule has 0 aromatic carbocycles. The highest BCUT2D eigenvalue weighted by Crippen LogP contribution is 2.27. The molecular weight excluding hydrogens is 314 g/mol. The fourth-order valence-corrected chi connectivity index (χ4v) is 2.40. The Morgan fingerprint density at radius 1 is 1.58 bits per heavy atom. The molecule has 1 N–H and O–H groups in total. The number of aromatic nitrogens is 1. The van der Waals surface area contributed by atoms with Crippen LogP contribution in [0.3, 0.4) is 0 Å². The Morgan fingerprint density at radius 2 is 2.32 bits per heavy atom. The van der Waals surface area contributed by atoms with Crippen molar-refractivity contribution in [2.45, 2.75) is 31.7 Å². The van der Waals surface area contributed by atoms with Crippen molar-refractivity contribution in [3.63, 3.8) is 0 Å². The second kappa shape index (κ2) is 6.18. The molecule has 1 aliphatic rings. The number of alkyl halides is 1. The minimum Gasteiger partial charge on any atom is -0.351 e. The summed E-state index contributed by atoms with van der Waals surface area (Å²) in [6.45, 7) is 0.682. The molecule has 0 radical (unpaired) electrons.